The number of hydrogen-bond acceptors (Lipinski definition) is 5. The van der Waals surface area contributed by atoms with Crippen LogP contribution in [0.4, 0.5) is 0 Å². The van der Waals surface area contributed by atoms with Crippen molar-refractivity contribution in [2.24, 2.45) is 0 Å². The number of halogens is 1. The van der Waals surface area contributed by atoms with E-state index in [1.807, 2.05) is 31.2 Å². The second-order valence-corrected chi connectivity index (χ2v) is 9.49. The summed E-state index contributed by atoms with van der Waals surface area (Å²) < 4.78 is 33.9. The van der Waals surface area contributed by atoms with Crippen LogP contribution in [0, 0.1) is 6.92 Å². The first-order valence-corrected chi connectivity index (χ1v) is 11.0. The average Bonchev–Trinajstić information content (AvgIpc) is 3.32. The molecule has 6 nitrogen and oxygen atoms in total. The number of pyridine rings is 1. The zero-order valence-corrected chi connectivity index (χ0v) is 17.6. The Kier molecular flexibility index (Phi) is 4.07. The fourth-order valence-electron chi connectivity index (χ4n) is 3.33. The van der Waals surface area contributed by atoms with Gasteiger partial charge in [-0.15, -0.1) is 0 Å². The van der Waals surface area contributed by atoms with Crippen LogP contribution in [0.5, 0.6) is 0 Å². The number of fused-ring (bicyclic) bond motifs is 2. The quantitative estimate of drug-likeness (QED) is 0.366. The summed E-state index contributed by atoms with van der Waals surface area (Å²) in [6.07, 6.45) is 4.85. The molecule has 0 aliphatic rings. The van der Waals surface area contributed by atoms with E-state index in [1.54, 1.807) is 42.9 Å². The Morgan fingerprint density at radius 1 is 1.03 bits per heavy atom. The highest BCUT2D eigenvalue weighted by Gasteiger charge is 2.23. The molecule has 0 saturated heterocycles. The molecule has 0 aliphatic carbocycles. The molecule has 29 heavy (non-hydrogen) atoms. The summed E-state index contributed by atoms with van der Waals surface area (Å²) in [6.45, 7) is 1.92. The lowest BCUT2D eigenvalue weighted by Crippen LogP contribution is -2.12. The van der Waals surface area contributed by atoms with E-state index >= 15 is 0 Å². The molecular formula is C21H14BrN3O3S. The third kappa shape index (κ3) is 2.95. The van der Waals surface area contributed by atoms with Crippen LogP contribution in [-0.4, -0.2) is 22.5 Å². The third-order valence-corrected chi connectivity index (χ3v) is 6.92. The lowest BCUT2D eigenvalue weighted by Gasteiger charge is -2.07. The van der Waals surface area contributed by atoms with Gasteiger partial charge in [-0.2, -0.15) is 0 Å². The maximum Gasteiger partial charge on any atom is 0.269 e. The molecule has 5 rings (SSSR count). The van der Waals surface area contributed by atoms with E-state index in [1.165, 1.54) is 3.97 Å². The van der Waals surface area contributed by atoms with Gasteiger partial charge in [0.15, 0.2) is 11.2 Å². The van der Waals surface area contributed by atoms with E-state index in [0.717, 1.165) is 31.9 Å². The van der Waals surface area contributed by atoms with Crippen molar-refractivity contribution >= 4 is 48.0 Å². The highest BCUT2D eigenvalue weighted by Crippen LogP contribution is 2.34. The van der Waals surface area contributed by atoms with E-state index in [-0.39, 0.29) is 4.90 Å². The maximum absolute atomic E-state index is 13.3. The highest BCUT2D eigenvalue weighted by molar-refractivity contribution is 9.10. The minimum atomic E-state index is -3.81. The molecule has 0 atom stereocenters. The minimum Gasteiger partial charge on any atom is -0.356 e. The normalized spacial score (nSPS) is 12.1. The second kappa shape index (κ2) is 6.53. The smallest absolute Gasteiger partial charge is 0.269 e. The van der Waals surface area contributed by atoms with Crippen molar-refractivity contribution in [3.05, 3.63) is 77.2 Å². The van der Waals surface area contributed by atoms with Crippen molar-refractivity contribution in [3.8, 4) is 11.1 Å². The van der Waals surface area contributed by atoms with Crippen molar-refractivity contribution in [2.75, 3.05) is 0 Å². The molecule has 0 unspecified atom stereocenters. The number of benzene rings is 2. The summed E-state index contributed by atoms with van der Waals surface area (Å²) in [5.41, 5.74) is 3.64. The predicted octanol–water partition coefficient (Wildman–Crippen LogP) is 5.15. The van der Waals surface area contributed by atoms with E-state index < -0.39 is 10.0 Å². The molecular weight excluding hydrogens is 454 g/mol. The van der Waals surface area contributed by atoms with E-state index in [2.05, 4.69) is 26.1 Å². The average molecular weight is 468 g/mol. The standard InChI is InChI=1S/C21H14BrN3O3S/c1-13-2-5-17(6-3-13)29(26,27)25-12-19(18-9-16(22)11-23-21(18)25)14-4-7-20-15(8-14)10-24-28-20/h2-12H,1H3. The zero-order valence-electron chi connectivity index (χ0n) is 15.2. The Labute approximate surface area is 175 Å². The molecule has 8 heteroatoms. The van der Waals surface area contributed by atoms with Crippen molar-refractivity contribution in [2.45, 2.75) is 11.8 Å². The molecule has 5 aromatic rings. The molecule has 0 amide bonds. The lowest BCUT2D eigenvalue weighted by atomic mass is 10.0. The Morgan fingerprint density at radius 2 is 1.83 bits per heavy atom. The van der Waals surface area contributed by atoms with Gasteiger partial charge in [0.1, 0.15) is 0 Å². The van der Waals surface area contributed by atoms with Crippen LogP contribution in [0.25, 0.3) is 33.1 Å². The Hall–Kier alpha value is -2.97. The van der Waals surface area contributed by atoms with Crippen LogP contribution < -0.4 is 0 Å². The molecule has 0 saturated carbocycles. The van der Waals surface area contributed by atoms with Crippen molar-refractivity contribution in [1.82, 2.24) is 14.1 Å². The van der Waals surface area contributed by atoms with E-state index in [9.17, 15) is 8.42 Å². The summed E-state index contributed by atoms with van der Waals surface area (Å²) in [4.78, 5) is 4.61. The number of aromatic nitrogens is 3. The molecule has 0 radical (unpaired) electrons. The molecule has 0 N–H and O–H groups in total. The number of rotatable bonds is 3. The summed E-state index contributed by atoms with van der Waals surface area (Å²) in [6, 6.07) is 14.3. The Morgan fingerprint density at radius 3 is 2.62 bits per heavy atom. The monoisotopic (exact) mass is 467 g/mol. The number of aryl methyl sites for hydroxylation is 1. The van der Waals surface area contributed by atoms with Gasteiger partial charge in [0.25, 0.3) is 10.0 Å². The topological polar surface area (TPSA) is 78.0 Å². The summed E-state index contributed by atoms with van der Waals surface area (Å²) >= 11 is 3.44. The molecule has 144 valence electrons. The van der Waals surface area contributed by atoms with Crippen molar-refractivity contribution < 1.29 is 12.9 Å². The number of nitrogens with zero attached hydrogens (tertiary/aromatic N) is 3. The molecule has 3 aromatic heterocycles. The van der Waals surface area contributed by atoms with Gasteiger partial charge in [-0.1, -0.05) is 28.9 Å². The SMILES string of the molecule is Cc1ccc(S(=O)(=O)n2cc(-c3ccc4oncc4c3)c3cc(Br)cnc32)cc1. The summed E-state index contributed by atoms with van der Waals surface area (Å²) in [5, 5.41) is 5.38. The fraction of sp³-hybridized carbons (Fsp3) is 0.0476. The lowest BCUT2D eigenvalue weighted by molar-refractivity contribution is 0.456. The Bertz CT molecular complexity index is 1490. The zero-order chi connectivity index (χ0) is 20.2. The number of hydrogen-bond donors (Lipinski definition) is 0. The summed E-state index contributed by atoms with van der Waals surface area (Å²) in [5.74, 6) is 0. The van der Waals surface area contributed by atoms with Gasteiger partial charge < -0.3 is 4.52 Å². The second-order valence-electron chi connectivity index (χ2n) is 6.76. The van der Waals surface area contributed by atoms with Crippen LogP contribution in [0.2, 0.25) is 0 Å². The minimum absolute atomic E-state index is 0.214. The van der Waals surface area contributed by atoms with Gasteiger partial charge >= 0.3 is 0 Å². The van der Waals surface area contributed by atoms with Crippen LogP contribution in [0.1, 0.15) is 5.56 Å². The Balaban J connectivity index is 1.78. The van der Waals surface area contributed by atoms with Gasteiger partial charge in [-0.3, -0.25) is 0 Å². The van der Waals surface area contributed by atoms with Crippen LogP contribution in [0.15, 0.2) is 81.0 Å². The van der Waals surface area contributed by atoms with Gasteiger partial charge in [-0.25, -0.2) is 17.4 Å². The van der Waals surface area contributed by atoms with Gasteiger partial charge in [0.05, 0.1) is 11.1 Å². The van der Waals surface area contributed by atoms with Crippen LogP contribution >= 0.6 is 15.9 Å². The molecule has 0 bridgehead atoms. The fourth-order valence-corrected chi connectivity index (χ4v) is 4.99. The van der Waals surface area contributed by atoms with Crippen molar-refractivity contribution in [1.29, 1.82) is 0 Å². The third-order valence-electron chi connectivity index (χ3n) is 4.82. The van der Waals surface area contributed by atoms with Crippen LogP contribution in [-0.2, 0) is 10.0 Å². The summed E-state index contributed by atoms with van der Waals surface area (Å²) in [7, 11) is -3.81. The largest absolute Gasteiger partial charge is 0.356 e. The first-order valence-electron chi connectivity index (χ1n) is 8.77. The van der Waals surface area contributed by atoms with E-state index in [4.69, 9.17) is 4.52 Å². The molecule has 0 aliphatic heterocycles. The molecule has 0 fully saturated rings. The van der Waals surface area contributed by atoms with Crippen LogP contribution in [0.3, 0.4) is 0 Å². The maximum atomic E-state index is 13.3. The van der Waals surface area contributed by atoms with Crippen molar-refractivity contribution in [3.63, 3.8) is 0 Å². The molecule has 3 heterocycles. The van der Waals surface area contributed by atoms with E-state index in [0.29, 0.717) is 11.2 Å². The van der Waals surface area contributed by atoms with Gasteiger partial charge in [-0.05, 0) is 58.7 Å². The molecule has 2 aromatic carbocycles. The predicted molar refractivity (Wildman–Crippen MR) is 114 cm³/mol. The first-order chi connectivity index (χ1) is 13.9. The first kappa shape index (κ1) is 18.1. The molecule has 0 spiro atoms. The van der Waals surface area contributed by atoms with Gasteiger partial charge in [0.2, 0.25) is 0 Å². The highest BCUT2D eigenvalue weighted by atomic mass is 79.9. The van der Waals surface area contributed by atoms with Gasteiger partial charge in [0, 0.05) is 33.2 Å².